The molecule has 1 aliphatic heterocycles. The van der Waals surface area contributed by atoms with Gasteiger partial charge < -0.3 is 19.7 Å². The Morgan fingerprint density at radius 2 is 1.96 bits per heavy atom. The fraction of sp³-hybridized carbons (Fsp3) is 0.222. The van der Waals surface area contributed by atoms with Gasteiger partial charge in [0.05, 0.1) is 17.2 Å². The van der Waals surface area contributed by atoms with Crippen LogP contribution in [0.4, 0.5) is 11.4 Å². The van der Waals surface area contributed by atoms with Gasteiger partial charge in [-0.2, -0.15) is 0 Å². The van der Waals surface area contributed by atoms with Crippen molar-refractivity contribution in [2.45, 2.75) is 6.10 Å². The molecule has 9 heteroatoms. The fourth-order valence-corrected chi connectivity index (χ4v) is 2.72. The molecule has 0 radical (unpaired) electrons. The summed E-state index contributed by atoms with van der Waals surface area (Å²) in [4.78, 5) is 36.5. The summed E-state index contributed by atoms with van der Waals surface area (Å²) in [5, 5.41) is 13.5. The maximum atomic E-state index is 12.7. The Bertz CT molecular complexity index is 885. The lowest BCUT2D eigenvalue weighted by molar-refractivity contribution is -0.385. The van der Waals surface area contributed by atoms with Gasteiger partial charge in [-0.3, -0.25) is 19.7 Å². The molecular formula is C18H17N3O6. The van der Waals surface area contributed by atoms with Crippen molar-refractivity contribution >= 4 is 23.2 Å². The van der Waals surface area contributed by atoms with Gasteiger partial charge in [0.15, 0.2) is 18.5 Å². The number of fused-ring (bicyclic) bond motifs is 1. The second-order valence-electron chi connectivity index (χ2n) is 5.71. The molecule has 3 rings (SSSR count). The fourth-order valence-electron chi connectivity index (χ4n) is 2.72. The number of nitro benzene ring substituents is 1. The predicted octanol–water partition coefficient (Wildman–Crippen LogP) is 1.51. The number of benzene rings is 2. The Balaban J connectivity index is 1.79. The molecule has 2 aromatic carbocycles. The van der Waals surface area contributed by atoms with Crippen LogP contribution in [0.1, 0.15) is 0 Å². The molecule has 0 saturated carbocycles. The number of carbonyl (C=O) groups is 2. The molecule has 140 valence electrons. The van der Waals surface area contributed by atoms with Crippen molar-refractivity contribution in [3.05, 3.63) is 58.6 Å². The van der Waals surface area contributed by atoms with E-state index in [1.54, 1.807) is 30.3 Å². The van der Waals surface area contributed by atoms with Crippen LogP contribution < -0.4 is 19.7 Å². The summed E-state index contributed by atoms with van der Waals surface area (Å²) in [5.41, 5.74) is 0.282. The molecule has 1 heterocycles. The number of para-hydroxylation sites is 4. The van der Waals surface area contributed by atoms with Crippen LogP contribution in [0.5, 0.6) is 11.5 Å². The van der Waals surface area contributed by atoms with Gasteiger partial charge in [0, 0.05) is 13.1 Å². The van der Waals surface area contributed by atoms with Crippen molar-refractivity contribution < 1.29 is 24.0 Å². The first kappa shape index (κ1) is 18.2. The third-order valence-corrected chi connectivity index (χ3v) is 4.03. The molecule has 0 unspecified atom stereocenters. The Hall–Kier alpha value is -3.62. The lowest BCUT2D eigenvalue weighted by Crippen LogP contribution is -2.51. The molecule has 2 amide bonds. The van der Waals surface area contributed by atoms with E-state index in [1.807, 2.05) is 0 Å². The smallest absolute Gasteiger partial charge is 0.310 e. The molecule has 1 atom stereocenters. The van der Waals surface area contributed by atoms with E-state index in [0.717, 1.165) is 0 Å². The van der Waals surface area contributed by atoms with Gasteiger partial charge in [-0.05, 0) is 18.2 Å². The number of nitrogens with one attached hydrogen (secondary N) is 1. The van der Waals surface area contributed by atoms with Crippen LogP contribution in [0.3, 0.4) is 0 Å². The number of amides is 2. The van der Waals surface area contributed by atoms with Crippen LogP contribution in [0.15, 0.2) is 48.5 Å². The third kappa shape index (κ3) is 3.81. The summed E-state index contributed by atoms with van der Waals surface area (Å²) in [5.74, 6) is -0.406. The lowest BCUT2D eigenvalue weighted by Gasteiger charge is -2.33. The number of anilines is 1. The van der Waals surface area contributed by atoms with Crippen molar-refractivity contribution in [2.75, 3.05) is 25.1 Å². The first-order valence-electron chi connectivity index (χ1n) is 8.15. The van der Waals surface area contributed by atoms with Crippen LogP contribution in [-0.4, -0.2) is 43.0 Å². The van der Waals surface area contributed by atoms with Gasteiger partial charge in [0.1, 0.15) is 5.75 Å². The van der Waals surface area contributed by atoms with E-state index >= 15 is 0 Å². The molecule has 0 aliphatic carbocycles. The minimum Gasteiger partial charge on any atom is -0.477 e. The number of rotatable bonds is 5. The van der Waals surface area contributed by atoms with Gasteiger partial charge in [0.25, 0.3) is 11.8 Å². The monoisotopic (exact) mass is 371 g/mol. The summed E-state index contributed by atoms with van der Waals surface area (Å²) >= 11 is 0. The second-order valence-corrected chi connectivity index (χ2v) is 5.71. The number of hydrogen-bond donors (Lipinski definition) is 1. The van der Waals surface area contributed by atoms with Crippen molar-refractivity contribution in [3.63, 3.8) is 0 Å². The van der Waals surface area contributed by atoms with Crippen molar-refractivity contribution in [3.8, 4) is 11.5 Å². The van der Waals surface area contributed by atoms with Crippen molar-refractivity contribution in [1.29, 1.82) is 0 Å². The molecule has 2 aromatic rings. The van der Waals surface area contributed by atoms with Gasteiger partial charge in [-0.25, -0.2) is 0 Å². The van der Waals surface area contributed by atoms with Crippen LogP contribution in [0.25, 0.3) is 0 Å². The maximum absolute atomic E-state index is 12.7. The minimum absolute atomic E-state index is 0.000228. The number of carbonyl (C=O) groups excluding carboxylic acids is 2. The molecule has 1 N–H and O–H groups in total. The van der Waals surface area contributed by atoms with Gasteiger partial charge in [-0.15, -0.1) is 0 Å². The summed E-state index contributed by atoms with van der Waals surface area (Å²) in [6, 6.07) is 12.6. The topological polar surface area (TPSA) is 111 Å². The molecule has 27 heavy (non-hydrogen) atoms. The Labute approximate surface area is 154 Å². The lowest BCUT2D eigenvalue weighted by atomic mass is 10.1. The summed E-state index contributed by atoms with van der Waals surface area (Å²) in [6.45, 7) is -0.407. The molecular weight excluding hydrogens is 354 g/mol. The molecule has 1 aliphatic rings. The summed E-state index contributed by atoms with van der Waals surface area (Å²) in [6.07, 6.45) is -0.861. The average molecular weight is 371 g/mol. The van der Waals surface area contributed by atoms with E-state index in [4.69, 9.17) is 9.47 Å². The normalized spacial score (nSPS) is 15.3. The van der Waals surface area contributed by atoms with E-state index < -0.39 is 23.5 Å². The highest BCUT2D eigenvalue weighted by Gasteiger charge is 2.33. The number of nitro groups is 1. The molecule has 9 nitrogen and oxygen atoms in total. The first-order chi connectivity index (χ1) is 13.0. The highest BCUT2D eigenvalue weighted by molar-refractivity contribution is 5.98. The largest absolute Gasteiger partial charge is 0.477 e. The Kier molecular flexibility index (Phi) is 5.20. The van der Waals surface area contributed by atoms with Gasteiger partial charge in [0.2, 0.25) is 0 Å². The minimum atomic E-state index is -0.861. The number of ether oxygens (including phenoxy) is 2. The SMILES string of the molecule is CNC(=O)[C@H]1CN(C(=O)COc2ccccc2[N+](=O)[O-])c2ccccc2O1. The van der Waals surface area contributed by atoms with Crippen LogP contribution >= 0.6 is 0 Å². The summed E-state index contributed by atoms with van der Waals surface area (Å²) < 4.78 is 11.0. The van der Waals surface area contributed by atoms with Crippen molar-refractivity contribution in [2.24, 2.45) is 0 Å². The maximum Gasteiger partial charge on any atom is 0.310 e. The van der Waals surface area contributed by atoms with Crippen LogP contribution in [-0.2, 0) is 9.59 Å². The van der Waals surface area contributed by atoms with E-state index in [-0.39, 0.29) is 23.9 Å². The highest BCUT2D eigenvalue weighted by Crippen LogP contribution is 2.33. The van der Waals surface area contributed by atoms with Crippen LogP contribution in [0, 0.1) is 10.1 Å². The number of nitrogens with zero attached hydrogens (tertiary/aromatic N) is 2. The zero-order chi connectivity index (χ0) is 19.4. The van der Waals surface area contributed by atoms with E-state index in [1.165, 1.54) is 30.1 Å². The quantitative estimate of drug-likeness (QED) is 0.630. The second kappa shape index (κ2) is 7.73. The average Bonchev–Trinajstić information content (AvgIpc) is 2.70. The molecule has 0 saturated heterocycles. The Morgan fingerprint density at radius 1 is 1.26 bits per heavy atom. The molecule has 0 fully saturated rings. The highest BCUT2D eigenvalue weighted by atomic mass is 16.6. The van der Waals surface area contributed by atoms with E-state index in [2.05, 4.69) is 5.32 Å². The zero-order valence-corrected chi connectivity index (χ0v) is 14.5. The Morgan fingerprint density at radius 3 is 2.70 bits per heavy atom. The first-order valence-corrected chi connectivity index (χ1v) is 8.15. The number of hydrogen-bond acceptors (Lipinski definition) is 6. The molecule has 0 aromatic heterocycles. The summed E-state index contributed by atoms with van der Waals surface area (Å²) in [7, 11) is 1.48. The van der Waals surface area contributed by atoms with Gasteiger partial charge >= 0.3 is 5.69 Å². The predicted molar refractivity (Wildman–Crippen MR) is 95.9 cm³/mol. The van der Waals surface area contributed by atoms with E-state index in [0.29, 0.717) is 11.4 Å². The zero-order valence-electron chi connectivity index (χ0n) is 14.5. The van der Waals surface area contributed by atoms with Crippen molar-refractivity contribution in [1.82, 2.24) is 5.32 Å². The molecule has 0 bridgehead atoms. The van der Waals surface area contributed by atoms with Gasteiger partial charge in [-0.1, -0.05) is 24.3 Å². The van der Waals surface area contributed by atoms with E-state index in [9.17, 15) is 19.7 Å². The molecule has 0 spiro atoms. The third-order valence-electron chi connectivity index (χ3n) is 4.03. The van der Waals surface area contributed by atoms with Crippen LogP contribution in [0.2, 0.25) is 0 Å². The number of likely N-dealkylation sites (N-methyl/N-ethyl adjacent to an activating group) is 1. The standard InChI is InChI=1S/C18H17N3O6/c1-19-18(23)16-10-20(12-6-2-5-9-15(12)27-16)17(22)11-26-14-8-4-3-7-13(14)21(24)25/h2-9,16H,10-11H2,1H3,(H,19,23)/t16-/m1/s1.